The Labute approximate surface area is 99.2 Å². The third-order valence-corrected chi connectivity index (χ3v) is 1.08. The topological polar surface area (TPSA) is 0 Å². The SMILES string of the molecule is Fc1c[c-]c(C(F)(F)F)cc1.[Br-].[Mg+2]. The van der Waals surface area contributed by atoms with Crippen LogP contribution in [0.1, 0.15) is 5.56 Å². The molecule has 0 aliphatic rings. The quantitative estimate of drug-likeness (QED) is 0.330. The van der Waals surface area contributed by atoms with Gasteiger partial charge in [0.15, 0.2) is 0 Å². The van der Waals surface area contributed by atoms with Crippen LogP contribution in [0.2, 0.25) is 0 Å². The van der Waals surface area contributed by atoms with Gasteiger partial charge >= 0.3 is 29.2 Å². The molecule has 0 N–H and O–H groups in total. The zero-order chi connectivity index (χ0) is 8.48. The number of rotatable bonds is 0. The van der Waals surface area contributed by atoms with E-state index < -0.39 is 17.6 Å². The molecule has 1 aromatic carbocycles. The summed E-state index contributed by atoms with van der Waals surface area (Å²) in [4.78, 5) is 0. The van der Waals surface area contributed by atoms with Gasteiger partial charge in [0.2, 0.25) is 0 Å². The van der Waals surface area contributed by atoms with Crippen molar-refractivity contribution >= 4 is 23.1 Å². The molecule has 13 heavy (non-hydrogen) atoms. The second kappa shape index (κ2) is 5.82. The van der Waals surface area contributed by atoms with Crippen molar-refractivity contribution in [2.75, 3.05) is 0 Å². The van der Waals surface area contributed by atoms with Gasteiger partial charge in [-0.2, -0.15) is 25.3 Å². The first kappa shape index (κ1) is 15.6. The molecule has 0 spiro atoms. The van der Waals surface area contributed by atoms with Gasteiger partial charge in [0.25, 0.3) is 0 Å². The van der Waals surface area contributed by atoms with Crippen LogP contribution in [0.15, 0.2) is 18.2 Å². The van der Waals surface area contributed by atoms with Crippen molar-refractivity contribution in [3.8, 4) is 0 Å². The van der Waals surface area contributed by atoms with Crippen molar-refractivity contribution in [2.45, 2.75) is 6.18 Å². The van der Waals surface area contributed by atoms with Crippen molar-refractivity contribution in [3.63, 3.8) is 0 Å². The first-order valence-corrected chi connectivity index (χ1v) is 2.74. The molecular weight excluding hydrogens is 264 g/mol. The van der Waals surface area contributed by atoms with E-state index in [0.29, 0.717) is 12.1 Å². The van der Waals surface area contributed by atoms with Gasteiger partial charge in [-0.15, -0.1) is 12.1 Å². The third kappa shape index (κ3) is 4.83. The molecule has 0 aliphatic carbocycles. The van der Waals surface area contributed by atoms with Gasteiger partial charge in [-0.3, -0.25) is 4.39 Å². The maximum absolute atomic E-state index is 12.1. The van der Waals surface area contributed by atoms with Crippen molar-refractivity contribution in [3.05, 3.63) is 35.6 Å². The summed E-state index contributed by atoms with van der Waals surface area (Å²) in [6, 6.07) is 3.83. The molecule has 6 heteroatoms. The second-order valence-electron chi connectivity index (χ2n) is 1.92. The minimum atomic E-state index is -4.44. The van der Waals surface area contributed by atoms with Crippen LogP contribution in [-0.2, 0) is 6.18 Å². The molecule has 0 radical (unpaired) electrons. The molecule has 0 atom stereocenters. The normalized spacial score (nSPS) is 9.85. The molecule has 0 saturated carbocycles. The summed E-state index contributed by atoms with van der Waals surface area (Å²) in [6.07, 6.45) is -4.44. The third-order valence-electron chi connectivity index (χ3n) is 1.08. The first-order valence-electron chi connectivity index (χ1n) is 2.74. The number of alkyl halides is 3. The molecule has 0 aromatic heterocycles. The van der Waals surface area contributed by atoms with Gasteiger partial charge in [0.1, 0.15) is 0 Å². The zero-order valence-electron chi connectivity index (χ0n) is 6.33. The van der Waals surface area contributed by atoms with E-state index >= 15 is 0 Å². The van der Waals surface area contributed by atoms with Crippen LogP contribution in [0.25, 0.3) is 0 Å². The van der Waals surface area contributed by atoms with Crippen molar-refractivity contribution in [1.29, 1.82) is 0 Å². The van der Waals surface area contributed by atoms with Gasteiger partial charge in [-0.25, -0.2) is 0 Å². The van der Waals surface area contributed by atoms with E-state index in [0.717, 1.165) is 6.07 Å². The number of hydrogen-bond acceptors (Lipinski definition) is 0. The molecule has 0 nitrogen and oxygen atoms in total. The van der Waals surface area contributed by atoms with Crippen LogP contribution in [0, 0.1) is 11.9 Å². The molecule has 1 aromatic rings. The number of hydrogen-bond donors (Lipinski definition) is 0. The van der Waals surface area contributed by atoms with Crippen molar-refractivity contribution in [2.24, 2.45) is 0 Å². The summed E-state index contributed by atoms with van der Waals surface area (Å²) in [5, 5.41) is 0. The predicted molar refractivity (Wildman–Crippen MR) is 36.0 cm³/mol. The average molecular weight is 267 g/mol. The molecule has 0 amide bonds. The van der Waals surface area contributed by atoms with Crippen LogP contribution in [0.3, 0.4) is 0 Å². The Hall–Kier alpha value is 0.186. The summed E-state index contributed by atoms with van der Waals surface area (Å²) in [6.45, 7) is 0. The van der Waals surface area contributed by atoms with E-state index in [1.807, 2.05) is 0 Å². The van der Waals surface area contributed by atoms with E-state index in [2.05, 4.69) is 0 Å². The fourth-order valence-corrected chi connectivity index (χ4v) is 0.582. The fourth-order valence-electron chi connectivity index (χ4n) is 0.582. The van der Waals surface area contributed by atoms with Crippen LogP contribution < -0.4 is 17.0 Å². The Morgan fingerprint density at radius 3 is 2.00 bits per heavy atom. The van der Waals surface area contributed by atoms with Crippen LogP contribution in [0.4, 0.5) is 17.6 Å². The fraction of sp³-hybridized carbons (Fsp3) is 0.143. The minimum absolute atomic E-state index is 0. The molecular formula is C7H3BrF4Mg. The largest absolute Gasteiger partial charge is 2.00 e. The Balaban J connectivity index is 0. The smallest absolute Gasteiger partial charge is 1.00 e. The monoisotopic (exact) mass is 266 g/mol. The molecule has 0 saturated heterocycles. The summed E-state index contributed by atoms with van der Waals surface area (Å²) >= 11 is 0. The summed E-state index contributed by atoms with van der Waals surface area (Å²) < 4.78 is 47.4. The zero-order valence-corrected chi connectivity index (χ0v) is 9.33. The van der Waals surface area contributed by atoms with Crippen LogP contribution >= 0.6 is 0 Å². The van der Waals surface area contributed by atoms with Crippen LogP contribution in [0.5, 0.6) is 0 Å². The van der Waals surface area contributed by atoms with Crippen LogP contribution in [-0.4, -0.2) is 23.1 Å². The van der Waals surface area contributed by atoms with E-state index in [9.17, 15) is 17.6 Å². The maximum Gasteiger partial charge on any atom is 2.00 e. The second-order valence-corrected chi connectivity index (χ2v) is 1.92. The first-order chi connectivity index (χ1) is 5.00. The average Bonchev–Trinajstić information content (AvgIpc) is 1.86. The standard InChI is InChI=1S/C7H3F4.BrH.Mg/c8-6-3-1-5(2-4-6)7(9,10)11;;/h1,3-4H;1H;/q-1;;+2/p-1. The summed E-state index contributed by atoms with van der Waals surface area (Å²) in [7, 11) is 0. The Bertz CT molecular complexity index is 244. The predicted octanol–water partition coefficient (Wildman–Crippen LogP) is -0.732. The van der Waals surface area contributed by atoms with Gasteiger partial charge < -0.3 is 17.0 Å². The Morgan fingerprint density at radius 2 is 1.69 bits per heavy atom. The van der Waals surface area contributed by atoms with Gasteiger partial charge in [0, 0.05) is 5.82 Å². The molecule has 0 bridgehead atoms. The van der Waals surface area contributed by atoms with Gasteiger partial charge in [0.05, 0.1) is 0 Å². The van der Waals surface area contributed by atoms with Gasteiger partial charge in [-0.05, 0) is 0 Å². The molecule has 0 aliphatic heterocycles. The molecule has 0 unspecified atom stereocenters. The van der Waals surface area contributed by atoms with Crippen molar-refractivity contribution < 1.29 is 34.5 Å². The summed E-state index contributed by atoms with van der Waals surface area (Å²) in [5.74, 6) is -0.724. The minimum Gasteiger partial charge on any atom is -1.00 e. The van der Waals surface area contributed by atoms with Crippen molar-refractivity contribution in [1.82, 2.24) is 0 Å². The van der Waals surface area contributed by atoms with E-state index in [4.69, 9.17) is 0 Å². The maximum atomic E-state index is 12.1. The number of benzene rings is 1. The molecule has 0 fully saturated rings. The molecule has 68 valence electrons. The van der Waals surface area contributed by atoms with E-state index in [1.54, 1.807) is 6.07 Å². The van der Waals surface area contributed by atoms with E-state index in [1.165, 1.54) is 0 Å². The Morgan fingerprint density at radius 1 is 1.15 bits per heavy atom. The Kier molecular flexibility index (Phi) is 7.01. The van der Waals surface area contributed by atoms with Gasteiger partial charge in [-0.1, -0.05) is 5.56 Å². The molecule has 1 rings (SSSR count). The summed E-state index contributed by atoms with van der Waals surface area (Å²) in [5.41, 5.74) is -0.959. The van der Waals surface area contributed by atoms with E-state index in [-0.39, 0.29) is 40.0 Å². The number of halogens is 5. The molecule has 0 heterocycles.